The second kappa shape index (κ2) is 20.1. The fourth-order valence-electron chi connectivity index (χ4n) is 7.80. The predicted octanol–water partition coefficient (Wildman–Crippen LogP) is 8.21. The fourth-order valence-corrected chi connectivity index (χ4v) is 7.80. The minimum absolute atomic E-state index is 0.0141. The number of nitrogens with one attached hydrogen (secondary N) is 3. The van der Waals surface area contributed by atoms with Gasteiger partial charge in [-0.3, -0.25) is 0 Å². The van der Waals surface area contributed by atoms with Crippen LogP contribution >= 0.6 is 0 Å². The van der Waals surface area contributed by atoms with Crippen LogP contribution < -0.4 is 16.0 Å². The average molecular weight is 636 g/mol. The number of carbonyl (C=O) groups excluding carboxylic acids is 3. The van der Waals surface area contributed by atoms with Crippen molar-refractivity contribution in [1.29, 1.82) is 0 Å². The van der Waals surface area contributed by atoms with E-state index < -0.39 is 23.7 Å². The summed E-state index contributed by atoms with van der Waals surface area (Å²) < 4.78 is 17.1. The first-order chi connectivity index (χ1) is 21.8. The van der Waals surface area contributed by atoms with Crippen LogP contribution in [-0.2, 0) is 14.2 Å². The van der Waals surface area contributed by atoms with Crippen molar-refractivity contribution in [3.05, 3.63) is 0 Å². The monoisotopic (exact) mass is 635 g/mol. The lowest BCUT2D eigenvalue weighted by molar-refractivity contribution is -0.0181. The van der Waals surface area contributed by atoms with Crippen LogP contribution in [0.25, 0.3) is 0 Å². The molecule has 0 aromatic carbocycles. The molecule has 9 heteroatoms. The van der Waals surface area contributed by atoms with Gasteiger partial charge in [-0.25, -0.2) is 14.4 Å². The van der Waals surface area contributed by atoms with E-state index in [9.17, 15) is 14.4 Å². The van der Waals surface area contributed by atoms with E-state index in [-0.39, 0.29) is 19.8 Å². The summed E-state index contributed by atoms with van der Waals surface area (Å²) in [4.78, 5) is 38.3. The number of carbonyl (C=O) groups is 3. The van der Waals surface area contributed by atoms with Crippen molar-refractivity contribution in [2.45, 2.75) is 130 Å². The molecule has 3 saturated carbocycles. The van der Waals surface area contributed by atoms with E-state index in [1.807, 2.05) is 6.92 Å². The molecule has 3 aliphatic carbocycles. The normalized spacial score (nSPS) is 28.3. The Labute approximate surface area is 273 Å². The van der Waals surface area contributed by atoms with Crippen LogP contribution in [0, 0.1) is 40.9 Å². The fraction of sp³-hybridized carbons (Fsp3) is 0.917. The summed E-state index contributed by atoms with van der Waals surface area (Å²) in [5.41, 5.74) is -0.847. The smallest absolute Gasteiger partial charge is 0.407 e. The highest BCUT2D eigenvalue weighted by molar-refractivity contribution is 5.68. The van der Waals surface area contributed by atoms with Crippen molar-refractivity contribution in [1.82, 2.24) is 16.0 Å². The lowest BCUT2D eigenvalue weighted by atomic mass is 9.80. The molecule has 0 spiro atoms. The van der Waals surface area contributed by atoms with Crippen LogP contribution in [0.4, 0.5) is 14.4 Å². The van der Waals surface area contributed by atoms with Gasteiger partial charge < -0.3 is 30.2 Å². The van der Waals surface area contributed by atoms with Crippen molar-refractivity contribution in [3.63, 3.8) is 0 Å². The molecular weight excluding hydrogens is 570 g/mol. The van der Waals surface area contributed by atoms with E-state index in [0.717, 1.165) is 56.3 Å². The van der Waals surface area contributed by atoms with Gasteiger partial charge in [0.2, 0.25) is 0 Å². The van der Waals surface area contributed by atoms with Crippen molar-refractivity contribution in [3.8, 4) is 0 Å². The van der Waals surface area contributed by atoms with E-state index in [2.05, 4.69) is 36.7 Å². The van der Waals surface area contributed by atoms with Crippen LogP contribution in [-0.4, -0.2) is 57.7 Å². The Hall–Kier alpha value is -2.19. The minimum Gasteiger partial charge on any atom is -0.449 e. The first-order valence-electron chi connectivity index (χ1n) is 18.5. The van der Waals surface area contributed by atoms with Crippen LogP contribution in [0.1, 0.15) is 130 Å². The predicted molar refractivity (Wildman–Crippen MR) is 178 cm³/mol. The maximum absolute atomic E-state index is 12.8. The van der Waals surface area contributed by atoms with Crippen molar-refractivity contribution >= 4 is 18.3 Å². The Morgan fingerprint density at radius 1 is 0.511 bits per heavy atom. The van der Waals surface area contributed by atoms with Gasteiger partial charge in [0, 0.05) is 19.6 Å². The van der Waals surface area contributed by atoms with Crippen molar-refractivity contribution in [2.75, 3.05) is 39.5 Å². The van der Waals surface area contributed by atoms with E-state index in [0.29, 0.717) is 43.8 Å². The largest absolute Gasteiger partial charge is 0.449 e. The first-order valence-corrected chi connectivity index (χ1v) is 18.5. The highest BCUT2D eigenvalue weighted by atomic mass is 16.6. The number of hydrogen-bond acceptors (Lipinski definition) is 6. The second-order valence-corrected chi connectivity index (χ2v) is 14.6. The summed E-state index contributed by atoms with van der Waals surface area (Å²) in [7, 11) is 0. The van der Waals surface area contributed by atoms with Gasteiger partial charge in [-0.05, 0) is 80.5 Å². The zero-order valence-corrected chi connectivity index (χ0v) is 29.0. The number of rotatable bonds is 16. The molecule has 0 aliphatic heterocycles. The topological polar surface area (TPSA) is 115 Å². The van der Waals surface area contributed by atoms with Crippen LogP contribution in [0.2, 0.25) is 0 Å². The van der Waals surface area contributed by atoms with E-state index in [4.69, 9.17) is 14.2 Å². The van der Waals surface area contributed by atoms with Gasteiger partial charge in [0.25, 0.3) is 0 Å². The Balaban J connectivity index is 1.50. The molecule has 3 rings (SSSR count). The molecule has 3 fully saturated rings. The zero-order valence-electron chi connectivity index (χ0n) is 29.0. The van der Waals surface area contributed by atoms with Crippen molar-refractivity contribution in [2.24, 2.45) is 40.9 Å². The summed E-state index contributed by atoms with van der Waals surface area (Å²) in [6.45, 7) is 10.4. The minimum atomic E-state index is -0.847. The van der Waals surface area contributed by atoms with Crippen LogP contribution in [0.15, 0.2) is 0 Å². The molecular formula is C36H65N3O6. The van der Waals surface area contributed by atoms with E-state index >= 15 is 0 Å². The van der Waals surface area contributed by atoms with Crippen LogP contribution in [0.3, 0.4) is 0 Å². The maximum atomic E-state index is 12.8. The molecule has 0 saturated heterocycles. The van der Waals surface area contributed by atoms with Gasteiger partial charge in [-0.2, -0.15) is 0 Å². The molecule has 0 aromatic rings. The number of amides is 3. The molecule has 45 heavy (non-hydrogen) atoms. The summed E-state index contributed by atoms with van der Waals surface area (Å²) in [6, 6.07) is 0. The molecule has 260 valence electrons. The molecule has 0 aromatic heterocycles. The molecule has 6 atom stereocenters. The quantitative estimate of drug-likeness (QED) is 0.147. The van der Waals surface area contributed by atoms with Gasteiger partial charge in [0.15, 0.2) is 0 Å². The summed E-state index contributed by atoms with van der Waals surface area (Å²) in [5, 5.41) is 8.86. The highest BCUT2D eigenvalue weighted by Gasteiger charge is 2.35. The molecule has 6 unspecified atom stereocenters. The lowest BCUT2D eigenvalue weighted by Crippen LogP contribution is -2.43. The standard InChI is InChI=1S/C36H65N3O6/c1-5-27-12-9-15-30(18-27)21-37-33(40)43-24-36(8-4,25-44-34(41)38-22-31-16-10-13-28(6-2)19-31)26-45-35(42)39-23-32-17-11-14-29(7-3)20-32/h27-32H,5-26H2,1-4H3,(H,37,40)(H,38,41)(H,39,42). The summed E-state index contributed by atoms with van der Waals surface area (Å²) in [6.07, 6.45) is 16.8. The molecule has 9 nitrogen and oxygen atoms in total. The summed E-state index contributed by atoms with van der Waals surface area (Å²) in [5.74, 6) is 3.62. The average Bonchev–Trinajstić information content (AvgIpc) is 3.09. The molecule has 0 heterocycles. The van der Waals surface area contributed by atoms with Gasteiger partial charge in [0.1, 0.15) is 19.8 Å². The third kappa shape index (κ3) is 13.6. The van der Waals surface area contributed by atoms with Crippen molar-refractivity contribution < 1.29 is 28.6 Å². The molecule has 0 radical (unpaired) electrons. The van der Waals surface area contributed by atoms with Gasteiger partial charge in [-0.15, -0.1) is 0 Å². The Bertz CT molecular complexity index is 777. The SMILES string of the molecule is CCC1CCCC(CNC(=O)OCC(CC)(COC(=O)NCC2CCCC(CC)C2)COC(=O)NCC2CCCC(CC)C2)C1. The Morgan fingerprint density at radius 2 is 0.800 bits per heavy atom. The zero-order chi connectivity index (χ0) is 32.5. The third-order valence-electron chi connectivity index (χ3n) is 11.3. The maximum Gasteiger partial charge on any atom is 0.407 e. The van der Waals surface area contributed by atoms with Gasteiger partial charge in [0.05, 0.1) is 5.41 Å². The lowest BCUT2D eigenvalue weighted by Gasteiger charge is -2.32. The molecule has 3 N–H and O–H groups in total. The van der Waals surface area contributed by atoms with Crippen LogP contribution in [0.5, 0.6) is 0 Å². The highest BCUT2D eigenvalue weighted by Crippen LogP contribution is 2.32. The molecule has 3 amide bonds. The Kier molecular flexibility index (Phi) is 16.7. The number of ether oxygens (including phenoxy) is 3. The number of hydrogen-bond donors (Lipinski definition) is 3. The van der Waals surface area contributed by atoms with E-state index in [1.165, 1.54) is 57.8 Å². The Morgan fingerprint density at radius 3 is 1.07 bits per heavy atom. The van der Waals surface area contributed by atoms with E-state index in [1.54, 1.807) is 0 Å². The first kappa shape index (κ1) is 37.3. The molecule has 0 bridgehead atoms. The second-order valence-electron chi connectivity index (χ2n) is 14.6. The summed E-state index contributed by atoms with van der Waals surface area (Å²) >= 11 is 0. The van der Waals surface area contributed by atoms with Gasteiger partial charge >= 0.3 is 18.3 Å². The third-order valence-corrected chi connectivity index (χ3v) is 11.3. The number of alkyl carbamates (subject to hydrolysis) is 3. The van der Waals surface area contributed by atoms with Gasteiger partial charge in [-0.1, -0.05) is 85.5 Å². The molecule has 3 aliphatic rings.